The van der Waals surface area contributed by atoms with Gasteiger partial charge < -0.3 is 14.7 Å². The minimum Gasteiger partial charge on any atom is -0.497 e. The summed E-state index contributed by atoms with van der Waals surface area (Å²) in [7, 11) is 3.56. The van der Waals surface area contributed by atoms with E-state index in [9.17, 15) is 9.90 Å². The number of halogens is 1. The third kappa shape index (κ3) is 4.89. The number of rotatable bonds is 7. The quantitative estimate of drug-likeness (QED) is 0.389. The summed E-state index contributed by atoms with van der Waals surface area (Å²) in [5.41, 5.74) is -0.226. The smallest absolute Gasteiger partial charge is 0.246 e. The molecule has 0 bridgehead atoms. The van der Waals surface area contributed by atoms with Gasteiger partial charge in [-0.25, -0.2) is 0 Å². The van der Waals surface area contributed by atoms with Crippen LogP contribution >= 0.6 is 27.3 Å². The molecule has 4 rings (SSSR count). The lowest BCUT2D eigenvalue weighted by atomic mass is 9.55. The molecular weight excluding hydrogens is 512 g/mol. The second-order valence-electron chi connectivity index (χ2n) is 9.47. The van der Waals surface area contributed by atoms with Gasteiger partial charge in [0.05, 0.1) is 12.7 Å². The average Bonchev–Trinajstić information content (AvgIpc) is 3.26. The van der Waals surface area contributed by atoms with Crippen LogP contribution in [0.15, 0.2) is 58.9 Å². The summed E-state index contributed by atoms with van der Waals surface area (Å²) in [6.07, 6.45) is 8.38. The van der Waals surface area contributed by atoms with E-state index < -0.39 is 11.0 Å². The molecule has 7 heteroatoms. The number of thiophene rings is 1. The number of β-amino-alcohol motifs (C(OH)–C–C–N with tert-alkyl or cyclic N) is 1. The van der Waals surface area contributed by atoms with Crippen LogP contribution in [0.3, 0.4) is 0 Å². The molecule has 0 unspecified atom stereocenters. The van der Waals surface area contributed by atoms with Crippen molar-refractivity contribution in [3.05, 3.63) is 69.4 Å². The van der Waals surface area contributed by atoms with E-state index in [0.717, 1.165) is 53.0 Å². The number of aliphatic hydroxyl groups is 1. The van der Waals surface area contributed by atoms with Gasteiger partial charge in [-0.1, -0.05) is 18.2 Å². The van der Waals surface area contributed by atoms with Crippen LogP contribution < -0.4 is 4.74 Å². The third-order valence-electron chi connectivity index (χ3n) is 7.59. The number of likely N-dealkylation sites (tertiary alicyclic amines) is 1. The number of hydrogen-bond donors (Lipinski definition) is 1. The molecule has 2 fully saturated rings. The second kappa shape index (κ2) is 10.4. The number of piperidine rings is 1. The molecule has 1 aliphatic carbocycles. The van der Waals surface area contributed by atoms with Crippen LogP contribution in [0, 0.1) is 0 Å². The van der Waals surface area contributed by atoms with E-state index in [1.165, 1.54) is 0 Å². The Kier molecular flexibility index (Phi) is 7.67. The van der Waals surface area contributed by atoms with E-state index in [-0.39, 0.29) is 11.9 Å². The molecule has 1 N–H and O–H groups in total. The van der Waals surface area contributed by atoms with Gasteiger partial charge in [0.25, 0.3) is 0 Å². The number of carbonyl (C=O) groups excluding carboxylic acids is 1. The van der Waals surface area contributed by atoms with Gasteiger partial charge in [-0.3, -0.25) is 9.69 Å². The van der Waals surface area contributed by atoms with Crippen molar-refractivity contribution in [3.8, 4) is 5.75 Å². The summed E-state index contributed by atoms with van der Waals surface area (Å²) in [5, 5.41) is 14.1. The fourth-order valence-electron chi connectivity index (χ4n) is 5.69. The standard InChI is InChI=1S/C27H33BrN2O3S/c1-4-13-30-14-12-26(20-6-5-7-23(15-20)33-3)17-22(10-11-27(26,32)19-30)29(2)25(31)9-8-24-16-21(28)18-34-24/h4-9,15-16,18,22,32H,1,10-14,17,19H2,2-3H3/b9-8+/t22-,26-,27-/m0/s1. The Balaban J connectivity index is 1.61. The lowest BCUT2D eigenvalue weighted by molar-refractivity contribution is -0.143. The minimum absolute atomic E-state index is 0.00940. The second-order valence-corrected chi connectivity index (χ2v) is 11.3. The number of benzene rings is 1. The van der Waals surface area contributed by atoms with Crippen molar-refractivity contribution in [1.82, 2.24) is 9.80 Å². The molecule has 1 saturated heterocycles. The zero-order chi connectivity index (χ0) is 24.3. The Morgan fingerprint density at radius 2 is 2.24 bits per heavy atom. The van der Waals surface area contributed by atoms with Gasteiger partial charge in [0, 0.05) is 52.4 Å². The highest BCUT2D eigenvalue weighted by Gasteiger charge is 2.58. The zero-order valence-electron chi connectivity index (χ0n) is 19.9. The van der Waals surface area contributed by atoms with Gasteiger partial charge in [-0.15, -0.1) is 17.9 Å². The fraction of sp³-hybridized carbons (Fsp3) is 0.444. The van der Waals surface area contributed by atoms with E-state index in [4.69, 9.17) is 4.74 Å². The number of fused-ring (bicyclic) bond motifs is 1. The van der Waals surface area contributed by atoms with Crippen LogP contribution in [0.1, 0.15) is 36.1 Å². The normalized spacial score (nSPS) is 27.4. The van der Waals surface area contributed by atoms with Crippen LogP contribution in [0.25, 0.3) is 6.08 Å². The molecular formula is C27H33BrN2O3S. The number of nitrogens with zero attached hydrogens (tertiary/aromatic N) is 2. The predicted octanol–water partition coefficient (Wildman–Crippen LogP) is 5.10. The van der Waals surface area contributed by atoms with Gasteiger partial charge in [-0.05, 0) is 78.0 Å². The Labute approximate surface area is 214 Å². The van der Waals surface area contributed by atoms with E-state index in [1.807, 2.05) is 47.7 Å². The van der Waals surface area contributed by atoms with Crippen molar-refractivity contribution in [3.63, 3.8) is 0 Å². The van der Waals surface area contributed by atoms with Crippen molar-refractivity contribution < 1.29 is 14.6 Å². The molecule has 1 aromatic carbocycles. The third-order valence-corrected chi connectivity index (χ3v) is 9.25. The first-order valence-corrected chi connectivity index (χ1v) is 13.4. The fourth-order valence-corrected chi connectivity index (χ4v) is 7.03. The molecule has 34 heavy (non-hydrogen) atoms. The van der Waals surface area contributed by atoms with Crippen LogP contribution in [-0.2, 0) is 10.2 Å². The first-order valence-electron chi connectivity index (χ1n) is 11.7. The number of likely N-dealkylation sites (N-methyl/N-ethyl adjacent to an activating group) is 1. The van der Waals surface area contributed by atoms with Gasteiger partial charge in [0.1, 0.15) is 5.75 Å². The lowest BCUT2D eigenvalue weighted by Gasteiger charge is -2.59. The molecule has 1 aromatic heterocycles. The Morgan fingerprint density at radius 3 is 2.94 bits per heavy atom. The summed E-state index contributed by atoms with van der Waals surface area (Å²) in [6.45, 7) is 6.13. The van der Waals surface area contributed by atoms with E-state index >= 15 is 0 Å². The number of carbonyl (C=O) groups is 1. The van der Waals surface area contributed by atoms with Crippen molar-refractivity contribution >= 4 is 39.2 Å². The van der Waals surface area contributed by atoms with Crippen molar-refractivity contribution in [2.24, 2.45) is 0 Å². The maximum atomic E-state index is 13.1. The first-order chi connectivity index (χ1) is 16.3. The number of methoxy groups -OCH3 is 1. The summed E-state index contributed by atoms with van der Waals surface area (Å²) >= 11 is 5.06. The zero-order valence-corrected chi connectivity index (χ0v) is 22.3. The molecule has 3 atom stereocenters. The summed E-state index contributed by atoms with van der Waals surface area (Å²) in [5.74, 6) is 0.782. The molecule has 0 spiro atoms. The Bertz CT molecular complexity index is 1070. The molecule has 1 amide bonds. The summed E-state index contributed by atoms with van der Waals surface area (Å²) in [6, 6.07) is 10.2. The van der Waals surface area contributed by atoms with E-state index in [0.29, 0.717) is 13.0 Å². The summed E-state index contributed by atoms with van der Waals surface area (Å²) < 4.78 is 6.54. The van der Waals surface area contributed by atoms with Crippen molar-refractivity contribution in [1.29, 1.82) is 0 Å². The van der Waals surface area contributed by atoms with Crippen LogP contribution in [0.4, 0.5) is 0 Å². The highest BCUT2D eigenvalue weighted by atomic mass is 79.9. The maximum absolute atomic E-state index is 13.1. The molecule has 2 aliphatic rings. The highest BCUT2D eigenvalue weighted by molar-refractivity contribution is 9.10. The SMILES string of the molecule is C=CCN1CC[C@@]2(c3cccc(OC)c3)C[C@@H](N(C)C(=O)/C=C/c3cc(Br)cs3)CC[C@]2(O)C1. The molecule has 2 aromatic rings. The Hall–Kier alpha value is -1.93. The first kappa shape index (κ1) is 25.2. The van der Waals surface area contributed by atoms with Gasteiger partial charge >= 0.3 is 0 Å². The molecule has 1 aliphatic heterocycles. The molecule has 5 nitrogen and oxygen atoms in total. The van der Waals surface area contributed by atoms with Crippen LogP contribution in [0.2, 0.25) is 0 Å². The van der Waals surface area contributed by atoms with Crippen molar-refractivity contribution in [2.75, 3.05) is 33.8 Å². The Morgan fingerprint density at radius 1 is 1.41 bits per heavy atom. The van der Waals surface area contributed by atoms with Crippen LogP contribution in [0.5, 0.6) is 5.75 Å². The van der Waals surface area contributed by atoms with Crippen LogP contribution in [-0.4, -0.2) is 66.2 Å². The maximum Gasteiger partial charge on any atom is 0.246 e. The number of amides is 1. The van der Waals surface area contributed by atoms with Gasteiger partial charge in [-0.2, -0.15) is 0 Å². The van der Waals surface area contributed by atoms with Gasteiger partial charge in [0.15, 0.2) is 0 Å². The molecule has 1 saturated carbocycles. The summed E-state index contributed by atoms with van der Waals surface area (Å²) in [4.78, 5) is 18.2. The molecule has 0 radical (unpaired) electrons. The lowest BCUT2D eigenvalue weighted by Crippen LogP contribution is -2.67. The topological polar surface area (TPSA) is 53.0 Å². The molecule has 2 heterocycles. The van der Waals surface area contributed by atoms with E-state index in [1.54, 1.807) is 24.5 Å². The molecule has 182 valence electrons. The number of ether oxygens (including phenoxy) is 1. The van der Waals surface area contributed by atoms with Crippen molar-refractivity contribution in [2.45, 2.75) is 42.7 Å². The predicted molar refractivity (Wildman–Crippen MR) is 142 cm³/mol. The average molecular weight is 546 g/mol. The number of hydrogen-bond acceptors (Lipinski definition) is 5. The largest absolute Gasteiger partial charge is 0.497 e. The highest BCUT2D eigenvalue weighted by Crippen LogP contribution is 2.52. The monoisotopic (exact) mass is 544 g/mol. The van der Waals surface area contributed by atoms with E-state index in [2.05, 4.69) is 39.5 Å². The van der Waals surface area contributed by atoms with Gasteiger partial charge in [0.2, 0.25) is 5.91 Å². The minimum atomic E-state index is -0.875.